The molecule has 0 aliphatic heterocycles. The molecule has 0 saturated carbocycles. The van der Waals surface area contributed by atoms with Gasteiger partial charge >= 0.3 is 5.97 Å². The number of nitro groups is 1. The Hall–Kier alpha value is -2.94. The highest BCUT2D eigenvalue weighted by molar-refractivity contribution is 7.98. The van der Waals surface area contributed by atoms with Crippen LogP contribution < -0.4 is 5.32 Å². The zero-order valence-electron chi connectivity index (χ0n) is 14.8. The third-order valence-electron chi connectivity index (χ3n) is 3.71. The van der Waals surface area contributed by atoms with Crippen LogP contribution in [0.1, 0.15) is 22.8 Å². The van der Waals surface area contributed by atoms with Gasteiger partial charge in [0.15, 0.2) is 6.10 Å². The van der Waals surface area contributed by atoms with Gasteiger partial charge in [0.1, 0.15) is 11.4 Å². The summed E-state index contributed by atoms with van der Waals surface area (Å²) in [5.74, 6) is -2.16. The summed E-state index contributed by atoms with van der Waals surface area (Å²) in [4.78, 5) is 35.6. The summed E-state index contributed by atoms with van der Waals surface area (Å²) < 4.78 is 18.6. The summed E-state index contributed by atoms with van der Waals surface area (Å²) in [5, 5.41) is 13.6. The van der Waals surface area contributed by atoms with Crippen LogP contribution in [0.5, 0.6) is 0 Å². The monoisotopic (exact) mass is 392 g/mol. The molecule has 2 aromatic carbocycles. The summed E-state index contributed by atoms with van der Waals surface area (Å²) in [5.41, 5.74) is -0.0197. The third kappa shape index (κ3) is 5.04. The molecule has 0 fully saturated rings. The molecule has 0 aliphatic rings. The van der Waals surface area contributed by atoms with Crippen molar-refractivity contribution in [1.29, 1.82) is 0 Å². The quantitative estimate of drug-likeness (QED) is 0.346. The smallest absolute Gasteiger partial charge is 0.345 e. The predicted molar refractivity (Wildman–Crippen MR) is 99.5 cm³/mol. The Morgan fingerprint density at radius 1 is 1.26 bits per heavy atom. The third-order valence-corrected chi connectivity index (χ3v) is 4.44. The summed E-state index contributed by atoms with van der Waals surface area (Å²) in [6, 6.07) is 8.22. The molecule has 1 N–H and O–H groups in total. The molecule has 0 saturated heterocycles. The number of halogens is 1. The van der Waals surface area contributed by atoms with E-state index in [0.29, 0.717) is 10.5 Å². The summed E-state index contributed by atoms with van der Waals surface area (Å²) in [6.07, 6.45) is 0.520. The Balaban J connectivity index is 2.13. The number of thioether (sulfide) groups is 1. The van der Waals surface area contributed by atoms with E-state index < -0.39 is 34.4 Å². The molecule has 1 amide bonds. The van der Waals surface area contributed by atoms with Crippen LogP contribution in [0.3, 0.4) is 0 Å². The number of carbonyl (C=O) groups excluding carboxylic acids is 2. The van der Waals surface area contributed by atoms with E-state index >= 15 is 0 Å². The molecule has 0 radical (unpaired) electrons. The fraction of sp³-hybridized carbons (Fsp3) is 0.222. The van der Waals surface area contributed by atoms with Gasteiger partial charge in [-0.05, 0) is 49.9 Å². The molecule has 0 heterocycles. The second-order valence-corrected chi connectivity index (χ2v) is 6.52. The number of amides is 1. The highest BCUT2D eigenvalue weighted by Crippen LogP contribution is 2.26. The minimum atomic E-state index is -1.24. The second-order valence-electron chi connectivity index (χ2n) is 5.64. The molecular formula is C18H17FN2O5S. The van der Waals surface area contributed by atoms with Crippen molar-refractivity contribution in [3.63, 3.8) is 0 Å². The van der Waals surface area contributed by atoms with Gasteiger partial charge in [-0.2, -0.15) is 0 Å². The molecule has 9 heteroatoms. The first-order valence-corrected chi connectivity index (χ1v) is 9.06. The van der Waals surface area contributed by atoms with Crippen molar-refractivity contribution < 1.29 is 23.6 Å². The lowest BCUT2D eigenvalue weighted by Gasteiger charge is -2.14. The number of nitrogens with zero attached hydrogens (tertiary/aromatic N) is 1. The van der Waals surface area contributed by atoms with E-state index in [1.54, 1.807) is 13.2 Å². The van der Waals surface area contributed by atoms with Gasteiger partial charge in [-0.15, -0.1) is 11.8 Å². The van der Waals surface area contributed by atoms with Gasteiger partial charge in [0.2, 0.25) is 0 Å². The van der Waals surface area contributed by atoms with Crippen LogP contribution in [0.2, 0.25) is 0 Å². The van der Waals surface area contributed by atoms with Crippen LogP contribution in [0.25, 0.3) is 0 Å². The molecule has 2 aromatic rings. The summed E-state index contributed by atoms with van der Waals surface area (Å²) >= 11 is 1.31. The fourth-order valence-corrected chi connectivity index (χ4v) is 2.60. The normalized spacial score (nSPS) is 11.6. The van der Waals surface area contributed by atoms with E-state index in [1.165, 1.54) is 49.0 Å². The van der Waals surface area contributed by atoms with Gasteiger partial charge in [0.05, 0.1) is 4.92 Å². The highest BCUT2D eigenvalue weighted by atomic mass is 32.2. The standard InChI is InChI=1S/C18H17FN2O5S/c1-10-4-5-12(8-15(10)19)20-17(22)11(2)26-18(23)14-9-13(27-3)6-7-16(14)21(24)25/h4-9,11H,1-3H3,(H,20,22). The van der Waals surface area contributed by atoms with Crippen LogP contribution in [-0.2, 0) is 9.53 Å². The number of aryl methyl sites for hydroxylation is 1. The molecule has 0 spiro atoms. The lowest BCUT2D eigenvalue weighted by atomic mass is 10.2. The molecule has 27 heavy (non-hydrogen) atoms. The van der Waals surface area contributed by atoms with E-state index in [0.717, 1.165) is 6.07 Å². The van der Waals surface area contributed by atoms with Crippen LogP contribution >= 0.6 is 11.8 Å². The Kier molecular flexibility index (Phi) is 6.51. The maximum atomic E-state index is 13.6. The molecule has 1 unspecified atom stereocenters. The van der Waals surface area contributed by atoms with Gasteiger partial charge in [-0.1, -0.05) is 6.07 Å². The van der Waals surface area contributed by atoms with E-state index in [-0.39, 0.29) is 11.3 Å². The van der Waals surface area contributed by atoms with Crippen molar-refractivity contribution in [3.05, 3.63) is 63.5 Å². The first-order valence-electron chi connectivity index (χ1n) is 7.83. The average molecular weight is 392 g/mol. The Morgan fingerprint density at radius 3 is 2.56 bits per heavy atom. The van der Waals surface area contributed by atoms with E-state index in [1.807, 2.05) is 0 Å². The first kappa shape index (κ1) is 20.4. The number of nitro benzene ring substituents is 1. The predicted octanol–water partition coefficient (Wildman–Crippen LogP) is 3.95. The second kappa shape index (κ2) is 8.63. The van der Waals surface area contributed by atoms with Crippen molar-refractivity contribution >= 4 is 35.0 Å². The van der Waals surface area contributed by atoms with Gasteiger partial charge in [0.25, 0.3) is 11.6 Å². The number of hydrogen-bond acceptors (Lipinski definition) is 6. The molecule has 0 aliphatic carbocycles. The van der Waals surface area contributed by atoms with Crippen molar-refractivity contribution in [2.75, 3.05) is 11.6 Å². The molecule has 142 valence electrons. The Morgan fingerprint density at radius 2 is 1.96 bits per heavy atom. The average Bonchev–Trinajstić information content (AvgIpc) is 2.63. The van der Waals surface area contributed by atoms with Crippen LogP contribution in [0, 0.1) is 22.9 Å². The van der Waals surface area contributed by atoms with Crippen LogP contribution in [0.15, 0.2) is 41.3 Å². The van der Waals surface area contributed by atoms with Crippen molar-refractivity contribution in [2.45, 2.75) is 24.8 Å². The maximum Gasteiger partial charge on any atom is 0.345 e. The molecule has 1 atom stereocenters. The summed E-state index contributed by atoms with van der Waals surface area (Å²) in [6.45, 7) is 2.91. The molecule has 0 bridgehead atoms. The SMILES string of the molecule is CSc1ccc([N+](=O)[O-])c(C(=O)OC(C)C(=O)Nc2ccc(C)c(F)c2)c1. The molecule has 0 aromatic heterocycles. The topological polar surface area (TPSA) is 98.5 Å². The van der Waals surface area contributed by atoms with Crippen molar-refractivity contribution in [2.24, 2.45) is 0 Å². The number of benzene rings is 2. The van der Waals surface area contributed by atoms with E-state index in [4.69, 9.17) is 4.74 Å². The van der Waals surface area contributed by atoms with Crippen molar-refractivity contribution in [1.82, 2.24) is 0 Å². The minimum Gasteiger partial charge on any atom is -0.449 e. The molecule has 7 nitrogen and oxygen atoms in total. The lowest BCUT2D eigenvalue weighted by Crippen LogP contribution is -2.30. The van der Waals surface area contributed by atoms with Gasteiger partial charge in [0, 0.05) is 16.6 Å². The number of nitrogens with one attached hydrogen (secondary N) is 1. The number of esters is 1. The van der Waals surface area contributed by atoms with Crippen molar-refractivity contribution in [3.8, 4) is 0 Å². The zero-order valence-corrected chi connectivity index (χ0v) is 15.6. The Bertz CT molecular complexity index is 903. The van der Waals surface area contributed by atoms with Crippen LogP contribution in [0.4, 0.5) is 15.8 Å². The number of carbonyl (C=O) groups is 2. The zero-order chi connectivity index (χ0) is 20.1. The first-order chi connectivity index (χ1) is 12.7. The minimum absolute atomic E-state index is 0.210. The number of anilines is 1. The van der Waals surface area contributed by atoms with E-state index in [2.05, 4.69) is 5.32 Å². The summed E-state index contributed by atoms with van der Waals surface area (Å²) in [7, 11) is 0. The Labute approximate surface area is 159 Å². The lowest BCUT2D eigenvalue weighted by molar-refractivity contribution is -0.385. The van der Waals surface area contributed by atoms with Gasteiger partial charge in [-0.25, -0.2) is 9.18 Å². The fourth-order valence-electron chi connectivity index (χ4n) is 2.16. The van der Waals surface area contributed by atoms with Gasteiger partial charge in [-0.3, -0.25) is 14.9 Å². The largest absolute Gasteiger partial charge is 0.449 e. The number of hydrogen-bond donors (Lipinski definition) is 1. The van der Waals surface area contributed by atoms with E-state index in [9.17, 15) is 24.1 Å². The van der Waals surface area contributed by atoms with Gasteiger partial charge < -0.3 is 10.1 Å². The highest BCUT2D eigenvalue weighted by Gasteiger charge is 2.26. The maximum absolute atomic E-state index is 13.6. The molecule has 2 rings (SSSR count). The number of ether oxygens (including phenoxy) is 1. The number of rotatable bonds is 6. The van der Waals surface area contributed by atoms with Crippen LogP contribution in [-0.4, -0.2) is 29.2 Å². The molecular weight excluding hydrogens is 375 g/mol.